The van der Waals surface area contributed by atoms with Crippen molar-refractivity contribution in [2.45, 2.75) is 6.42 Å². The first-order valence-electron chi connectivity index (χ1n) is 8.67. The van der Waals surface area contributed by atoms with Crippen LogP contribution in [0, 0.1) is 0 Å². The summed E-state index contributed by atoms with van der Waals surface area (Å²) in [5, 5.41) is 6.51. The Morgan fingerprint density at radius 3 is 2.74 bits per heavy atom. The minimum Gasteiger partial charge on any atom is -0.497 e. The molecule has 1 aliphatic rings. The van der Waals surface area contributed by atoms with Crippen LogP contribution in [0.25, 0.3) is 0 Å². The second kappa shape index (κ2) is 7.82. The van der Waals surface area contributed by atoms with E-state index >= 15 is 0 Å². The van der Waals surface area contributed by atoms with Crippen LogP contribution in [0.2, 0.25) is 0 Å². The van der Waals surface area contributed by atoms with E-state index in [1.54, 1.807) is 13.3 Å². The van der Waals surface area contributed by atoms with Crippen LogP contribution in [-0.2, 0) is 6.42 Å². The van der Waals surface area contributed by atoms with E-state index in [2.05, 4.69) is 32.7 Å². The number of hydrogen-bond donors (Lipinski definition) is 2. The van der Waals surface area contributed by atoms with Crippen LogP contribution >= 0.6 is 0 Å². The van der Waals surface area contributed by atoms with Crippen molar-refractivity contribution in [2.75, 3.05) is 31.1 Å². The van der Waals surface area contributed by atoms with Gasteiger partial charge in [-0.1, -0.05) is 12.1 Å². The lowest BCUT2D eigenvalue weighted by Crippen LogP contribution is -2.08. The molecule has 138 valence electrons. The lowest BCUT2D eigenvalue weighted by molar-refractivity contribution is 0.174. The minimum absolute atomic E-state index is 0.258. The van der Waals surface area contributed by atoms with E-state index in [1.165, 1.54) is 5.56 Å². The summed E-state index contributed by atoms with van der Waals surface area (Å²) in [5.74, 6) is 3.62. The fraction of sp³-hybridized carbons (Fsp3) is 0.200. The molecule has 0 fully saturated rings. The molecule has 0 saturated heterocycles. The summed E-state index contributed by atoms with van der Waals surface area (Å²) in [6, 6.07) is 15.5. The van der Waals surface area contributed by atoms with Crippen molar-refractivity contribution >= 4 is 17.5 Å². The monoisotopic (exact) mass is 364 g/mol. The highest BCUT2D eigenvalue weighted by Crippen LogP contribution is 2.34. The number of aromatic nitrogens is 2. The van der Waals surface area contributed by atoms with Crippen molar-refractivity contribution in [1.82, 2.24) is 9.97 Å². The van der Waals surface area contributed by atoms with Gasteiger partial charge in [-0.2, -0.15) is 4.98 Å². The molecule has 1 aromatic heterocycles. The average Bonchev–Trinajstić information content (AvgIpc) is 3.17. The first-order valence-corrected chi connectivity index (χ1v) is 8.67. The van der Waals surface area contributed by atoms with Crippen LogP contribution in [0.3, 0.4) is 0 Å². The van der Waals surface area contributed by atoms with Crippen molar-refractivity contribution in [2.24, 2.45) is 0 Å². The normalized spacial score (nSPS) is 11.9. The Morgan fingerprint density at radius 2 is 1.89 bits per heavy atom. The van der Waals surface area contributed by atoms with Crippen molar-refractivity contribution in [1.29, 1.82) is 0 Å². The number of fused-ring (bicyclic) bond motifs is 1. The molecule has 4 rings (SSSR count). The molecule has 2 N–H and O–H groups in total. The zero-order chi connectivity index (χ0) is 18.5. The highest BCUT2D eigenvalue weighted by Gasteiger charge is 2.13. The molecule has 7 heteroatoms. The lowest BCUT2D eigenvalue weighted by Gasteiger charge is -2.09. The zero-order valence-electron chi connectivity index (χ0n) is 14.9. The third-order valence-corrected chi connectivity index (χ3v) is 4.16. The van der Waals surface area contributed by atoms with Gasteiger partial charge in [-0.25, -0.2) is 4.98 Å². The Morgan fingerprint density at radius 1 is 1.04 bits per heavy atom. The summed E-state index contributed by atoms with van der Waals surface area (Å²) in [4.78, 5) is 8.77. The molecule has 0 spiro atoms. The number of nitrogens with one attached hydrogen (secondary N) is 2. The number of ether oxygens (including phenoxy) is 3. The second-order valence-electron chi connectivity index (χ2n) is 5.98. The van der Waals surface area contributed by atoms with Crippen molar-refractivity contribution in [3.8, 4) is 17.2 Å². The number of rotatable bonds is 7. The Hall–Kier alpha value is -3.48. The van der Waals surface area contributed by atoms with Gasteiger partial charge in [-0.3, -0.25) is 0 Å². The average molecular weight is 364 g/mol. The van der Waals surface area contributed by atoms with Gasteiger partial charge in [-0.15, -0.1) is 0 Å². The molecule has 0 amide bonds. The summed E-state index contributed by atoms with van der Waals surface area (Å²) in [6.45, 7) is 0.994. The molecule has 0 radical (unpaired) electrons. The minimum atomic E-state index is 0.258. The van der Waals surface area contributed by atoms with Gasteiger partial charge in [0, 0.05) is 24.5 Å². The number of methoxy groups -OCH3 is 1. The standard InChI is InChI=1S/C20H20N4O3/c1-25-16-5-2-14(3-6-16)8-10-21-20-22-11-9-19(24-20)23-15-4-7-17-18(12-15)27-13-26-17/h2-7,9,11-12H,8,10,13H2,1H3,(H2,21,22,23,24). The van der Waals surface area contributed by atoms with Gasteiger partial charge in [0.1, 0.15) is 11.6 Å². The summed E-state index contributed by atoms with van der Waals surface area (Å²) >= 11 is 0. The third kappa shape index (κ3) is 4.20. The van der Waals surface area contributed by atoms with Crippen LogP contribution in [0.5, 0.6) is 17.2 Å². The van der Waals surface area contributed by atoms with Gasteiger partial charge in [0.2, 0.25) is 12.7 Å². The van der Waals surface area contributed by atoms with Crippen LogP contribution in [0.1, 0.15) is 5.56 Å². The second-order valence-corrected chi connectivity index (χ2v) is 5.98. The molecule has 7 nitrogen and oxygen atoms in total. The molecule has 3 aromatic rings. The Labute approximate surface area is 157 Å². The summed E-state index contributed by atoms with van der Waals surface area (Å²) < 4.78 is 15.9. The zero-order valence-corrected chi connectivity index (χ0v) is 14.9. The fourth-order valence-electron chi connectivity index (χ4n) is 2.75. The molecule has 2 aromatic carbocycles. The predicted octanol–water partition coefficient (Wildman–Crippen LogP) is 3.61. The maximum Gasteiger partial charge on any atom is 0.231 e. The molecule has 2 heterocycles. The van der Waals surface area contributed by atoms with Crippen molar-refractivity contribution in [3.05, 3.63) is 60.3 Å². The smallest absolute Gasteiger partial charge is 0.231 e. The van der Waals surface area contributed by atoms with Crippen LogP contribution in [0.15, 0.2) is 54.7 Å². The van der Waals surface area contributed by atoms with Crippen LogP contribution < -0.4 is 24.8 Å². The van der Waals surface area contributed by atoms with E-state index in [1.807, 2.05) is 36.4 Å². The van der Waals surface area contributed by atoms with E-state index in [0.717, 1.165) is 35.9 Å². The summed E-state index contributed by atoms with van der Waals surface area (Å²) in [6.07, 6.45) is 2.59. The number of nitrogens with zero attached hydrogens (tertiary/aromatic N) is 2. The summed E-state index contributed by atoms with van der Waals surface area (Å²) in [7, 11) is 1.67. The maximum atomic E-state index is 5.40. The SMILES string of the molecule is COc1ccc(CCNc2nccc(Nc3ccc4c(c3)OCO4)n2)cc1. The molecule has 27 heavy (non-hydrogen) atoms. The Kier molecular flexibility index (Phi) is 4.91. The Bertz CT molecular complexity index is 915. The van der Waals surface area contributed by atoms with Gasteiger partial charge in [0.05, 0.1) is 7.11 Å². The highest BCUT2D eigenvalue weighted by molar-refractivity contribution is 5.62. The number of anilines is 3. The number of benzene rings is 2. The molecular formula is C20H20N4O3. The fourth-order valence-corrected chi connectivity index (χ4v) is 2.75. The first-order chi connectivity index (χ1) is 13.3. The van der Waals surface area contributed by atoms with Gasteiger partial charge in [0.25, 0.3) is 0 Å². The first kappa shape index (κ1) is 17.0. The lowest BCUT2D eigenvalue weighted by atomic mass is 10.1. The van der Waals surface area contributed by atoms with Crippen molar-refractivity contribution < 1.29 is 14.2 Å². The largest absolute Gasteiger partial charge is 0.497 e. The topological polar surface area (TPSA) is 77.5 Å². The molecule has 0 aliphatic carbocycles. The molecular weight excluding hydrogens is 344 g/mol. The van der Waals surface area contributed by atoms with Gasteiger partial charge >= 0.3 is 0 Å². The van der Waals surface area contributed by atoms with Gasteiger partial charge in [0.15, 0.2) is 11.5 Å². The van der Waals surface area contributed by atoms with Gasteiger partial charge in [-0.05, 0) is 42.3 Å². The van der Waals surface area contributed by atoms with E-state index < -0.39 is 0 Å². The van der Waals surface area contributed by atoms with E-state index in [9.17, 15) is 0 Å². The van der Waals surface area contributed by atoms with Crippen LogP contribution in [-0.4, -0.2) is 30.4 Å². The molecule has 1 aliphatic heterocycles. The molecule has 0 unspecified atom stereocenters. The molecule has 0 saturated carbocycles. The van der Waals surface area contributed by atoms with E-state index in [-0.39, 0.29) is 6.79 Å². The number of hydrogen-bond acceptors (Lipinski definition) is 7. The van der Waals surface area contributed by atoms with E-state index in [0.29, 0.717) is 11.8 Å². The predicted molar refractivity (Wildman–Crippen MR) is 103 cm³/mol. The van der Waals surface area contributed by atoms with E-state index in [4.69, 9.17) is 14.2 Å². The maximum absolute atomic E-state index is 5.40. The molecule has 0 atom stereocenters. The van der Waals surface area contributed by atoms with Crippen molar-refractivity contribution in [3.63, 3.8) is 0 Å². The molecule has 0 bridgehead atoms. The quantitative estimate of drug-likeness (QED) is 0.663. The Balaban J connectivity index is 1.34. The third-order valence-electron chi connectivity index (χ3n) is 4.16. The van der Waals surface area contributed by atoms with Crippen LogP contribution in [0.4, 0.5) is 17.5 Å². The van der Waals surface area contributed by atoms with Gasteiger partial charge < -0.3 is 24.8 Å². The highest BCUT2D eigenvalue weighted by atomic mass is 16.7. The summed E-state index contributed by atoms with van der Waals surface area (Å²) in [5.41, 5.74) is 2.10.